The van der Waals surface area contributed by atoms with Crippen LogP contribution >= 0.6 is 0 Å². The number of carbonyl (C=O) groups excluding carboxylic acids is 2. The Morgan fingerprint density at radius 3 is 2.51 bits per heavy atom. The second-order valence-electron chi connectivity index (χ2n) is 13.5. The van der Waals surface area contributed by atoms with Crippen LogP contribution in [-0.4, -0.2) is 120 Å². The Morgan fingerprint density at radius 2 is 1.86 bits per heavy atom. The Balaban J connectivity index is 1.21. The van der Waals surface area contributed by atoms with Gasteiger partial charge in [-0.1, -0.05) is 30.7 Å². The Hall–Kier alpha value is -2.08. The van der Waals surface area contributed by atoms with Crippen LogP contribution < -0.4 is 0 Å². The van der Waals surface area contributed by atoms with E-state index in [1.807, 2.05) is 40.0 Å². The van der Waals surface area contributed by atoms with Gasteiger partial charge in [-0.15, -0.1) is 0 Å². The van der Waals surface area contributed by atoms with Gasteiger partial charge in [-0.3, -0.25) is 4.79 Å². The summed E-state index contributed by atoms with van der Waals surface area (Å²) in [7, 11) is 2.03. The first-order valence-electron chi connectivity index (χ1n) is 15.8. The van der Waals surface area contributed by atoms with Crippen molar-refractivity contribution in [3.63, 3.8) is 0 Å². The number of epoxide rings is 1. The molecular formula is C33H52N2O8. The molecule has 10 heteroatoms. The number of amides is 1. The fraction of sp³-hybridized carbons (Fsp3) is 0.758. The van der Waals surface area contributed by atoms with Crippen LogP contribution in [0.25, 0.3) is 0 Å². The van der Waals surface area contributed by atoms with Gasteiger partial charge in [-0.2, -0.15) is 0 Å². The number of nitrogens with zero attached hydrogens (tertiary/aromatic N) is 2. The summed E-state index contributed by atoms with van der Waals surface area (Å²) in [5.74, 6) is 0.423. The van der Waals surface area contributed by atoms with E-state index in [0.29, 0.717) is 32.5 Å². The molecular weight excluding hydrogens is 552 g/mol. The predicted octanol–water partition coefficient (Wildman–Crippen LogP) is 3.27. The highest BCUT2D eigenvalue weighted by Gasteiger charge is 2.61. The molecule has 242 valence electrons. The van der Waals surface area contributed by atoms with Crippen LogP contribution in [0, 0.1) is 11.8 Å². The normalized spacial score (nSPS) is 38.1. The molecule has 10 nitrogen and oxygen atoms in total. The lowest BCUT2D eigenvalue weighted by Crippen LogP contribution is -2.56. The molecule has 4 fully saturated rings. The number of carbonyl (C=O) groups is 2. The van der Waals surface area contributed by atoms with Crippen LogP contribution in [0.1, 0.15) is 60.3 Å². The van der Waals surface area contributed by atoms with E-state index in [1.165, 1.54) is 6.08 Å². The van der Waals surface area contributed by atoms with Crippen LogP contribution in [0.4, 0.5) is 4.79 Å². The third kappa shape index (κ3) is 8.99. The third-order valence-corrected chi connectivity index (χ3v) is 9.44. The molecule has 0 aromatic carbocycles. The number of allylic oxidation sites excluding steroid dienone is 3. The highest BCUT2D eigenvalue weighted by molar-refractivity contribution is 5.89. The van der Waals surface area contributed by atoms with Crippen molar-refractivity contribution in [2.45, 2.75) is 102 Å². The molecule has 9 atom stereocenters. The Labute approximate surface area is 256 Å². The molecule has 1 unspecified atom stereocenters. The fourth-order valence-electron chi connectivity index (χ4n) is 6.40. The smallest absolute Gasteiger partial charge is 0.410 e. The van der Waals surface area contributed by atoms with Gasteiger partial charge in [0.15, 0.2) is 5.78 Å². The highest BCUT2D eigenvalue weighted by atomic mass is 16.6. The summed E-state index contributed by atoms with van der Waals surface area (Å²) in [5.41, 5.74) is -0.327. The maximum absolute atomic E-state index is 12.8. The van der Waals surface area contributed by atoms with E-state index in [-0.39, 0.29) is 42.5 Å². The number of piperazine rings is 1. The molecule has 0 aliphatic carbocycles. The zero-order valence-corrected chi connectivity index (χ0v) is 26.7. The summed E-state index contributed by atoms with van der Waals surface area (Å²) in [4.78, 5) is 29.0. The zero-order valence-electron chi connectivity index (χ0n) is 26.7. The lowest BCUT2D eigenvalue weighted by molar-refractivity contribution is -0.192. The summed E-state index contributed by atoms with van der Waals surface area (Å²) >= 11 is 0. The van der Waals surface area contributed by atoms with Crippen molar-refractivity contribution in [2.75, 3.05) is 46.4 Å². The van der Waals surface area contributed by atoms with Gasteiger partial charge in [-0.05, 0) is 71.6 Å². The zero-order chi connectivity index (χ0) is 31.4. The number of rotatable bonds is 10. The van der Waals surface area contributed by atoms with Crippen LogP contribution in [0.5, 0.6) is 0 Å². The number of hydrogen-bond acceptors (Lipinski definition) is 9. The average Bonchev–Trinajstić information content (AvgIpc) is 3.74. The van der Waals surface area contributed by atoms with Crippen LogP contribution in [0.3, 0.4) is 0 Å². The van der Waals surface area contributed by atoms with Crippen LogP contribution in [0.15, 0.2) is 36.0 Å². The fourth-order valence-corrected chi connectivity index (χ4v) is 6.40. The van der Waals surface area contributed by atoms with Crippen molar-refractivity contribution in [3.8, 4) is 0 Å². The molecule has 0 radical (unpaired) electrons. The van der Waals surface area contributed by atoms with Gasteiger partial charge in [-0.25, -0.2) is 4.79 Å². The second kappa shape index (κ2) is 14.3. The maximum Gasteiger partial charge on any atom is 0.410 e. The summed E-state index contributed by atoms with van der Waals surface area (Å²) < 4.78 is 23.5. The van der Waals surface area contributed by atoms with Gasteiger partial charge in [0.1, 0.15) is 23.9 Å². The lowest BCUT2D eigenvalue weighted by Gasteiger charge is -2.42. The molecule has 1 amide bonds. The molecule has 2 N–H and O–H groups in total. The van der Waals surface area contributed by atoms with Crippen molar-refractivity contribution in [2.24, 2.45) is 11.8 Å². The van der Waals surface area contributed by atoms with E-state index >= 15 is 0 Å². The Kier molecular flexibility index (Phi) is 11.3. The van der Waals surface area contributed by atoms with Gasteiger partial charge in [0.25, 0.3) is 0 Å². The van der Waals surface area contributed by atoms with Gasteiger partial charge in [0.05, 0.1) is 31.0 Å². The Bertz CT molecular complexity index is 1060. The molecule has 43 heavy (non-hydrogen) atoms. The maximum atomic E-state index is 12.8. The first-order valence-corrected chi connectivity index (χ1v) is 15.8. The molecule has 4 aliphatic heterocycles. The largest absolute Gasteiger partial charge is 0.442 e. The van der Waals surface area contributed by atoms with Crippen molar-refractivity contribution in [1.29, 1.82) is 0 Å². The van der Waals surface area contributed by atoms with E-state index < -0.39 is 29.5 Å². The van der Waals surface area contributed by atoms with E-state index in [2.05, 4.69) is 17.9 Å². The molecule has 4 heterocycles. The van der Waals surface area contributed by atoms with Crippen molar-refractivity contribution in [3.05, 3.63) is 36.0 Å². The van der Waals surface area contributed by atoms with E-state index in [4.69, 9.17) is 18.9 Å². The van der Waals surface area contributed by atoms with Crippen molar-refractivity contribution in [1.82, 2.24) is 9.80 Å². The number of hydrogen-bond donors (Lipinski definition) is 2. The van der Waals surface area contributed by atoms with E-state index in [0.717, 1.165) is 31.5 Å². The monoisotopic (exact) mass is 604 g/mol. The van der Waals surface area contributed by atoms with Crippen molar-refractivity contribution < 1.29 is 38.7 Å². The van der Waals surface area contributed by atoms with Gasteiger partial charge >= 0.3 is 6.09 Å². The molecule has 0 bridgehead atoms. The summed E-state index contributed by atoms with van der Waals surface area (Å²) in [6.45, 7) is 13.1. The van der Waals surface area contributed by atoms with Gasteiger partial charge in [0, 0.05) is 39.0 Å². The van der Waals surface area contributed by atoms with Gasteiger partial charge < -0.3 is 39.0 Å². The highest BCUT2D eigenvalue weighted by Crippen LogP contribution is 2.46. The molecule has 4 aliphatic rings. The summed E-state index contributed by atoms with van der Waals surface area (Å²) in [5, 5.41) is 20.6. The topological polar surface area (TPSA) is 121 Å². The first kappa shape index (κ1) is 33.8. The number of ether oxygens (including phenoxy) is 4. The minimum atomic E-state index is -0.770. The molecule has 0 saturated carbocycles. The van der Waals surface area contributed by atoms with Gasteiger partial charge in [0.2, 0.25) is 0 Å². The van der Waals surface area contributed by atoms with Crippen LogP contribution in [-0.2, 0) is 23.7 Å². The molecule has 0 aromatic rings. The SMILES string of the molecule is CC(/C=C/C1O[C@](C)(CO)C[C@@]2(CO2)[C@@H]1O)=C\C[C@@H]1O[C@H](C)[C@H](CC(=O)/C=C\[C@H](C)OC(=O)N2CCN(C)CC2)C[C@@H]1C. The van der Waals surface area contributed by atoms with Crippen molar-refractivity contribution >= 4 is 11.9 Å². The first-order chi connectivity index (χ1) is 20.3. The molecule has 4 saturated heterocycles. The standard InChI is InChI=1S/C33H52N2O8/c1-22(8-12-29-30(38)33(21-40-33)19-32(5,20-36)43-29)7-11-28-23(2)17-26(25(4)42-28)18-27(37)10-9-24(3)41-31(39)35-15-13-34(6)14-16-35/h7-10,12,23-26,28-30,36,38H,11,13-21H2,1-6H3/b10-9-,12-8+,22-7+/t23-,24-,25+,26-,28-,29?,30+,32-,33+/m0/s1. The van der Waals surface area contributed by atoms with Crippen LogP contribution in [0.2, 0.25) is 0 Å². The molecule has 1 spiro atoms. The minimum absolute atomic E-state index is 0.0114. The number of ketones is 1. The number of likely N-dealkylation sites (N-methyl/N-ethyl adjacent to an activating group) is 1. The van der Waals surface area contributed by atoms with E-state index in [9.17, 15) is 19.8 Å². The third-order valence-electron chi connectivity index (χ3n) is 9.44. The number of aliphatic hydroxyl groups is 2. The average molecular weight is 605 g/mol. The number of aliphatic hydroxyl groups excluding tert-OH is 2. The van der Waals surface area contributed by atoms with E-state index in [1.54, 1.807) is 17.9 Å². The predicted molar refractivity (Wildman–Crippen MR) is 163 cm³/mol. The summed E-state index contributed by atoms with van der Waals surface area (Å²) in [6.07, 6.45) is 9.50. The second-order valence-corrected chi connectivity index (χ2v) is 13.5. The molecule has 0 aromatic heterocycles. The quantitative estimate of drug-likeness (QED) is 0.220. The molecule has 4 rings (SSSR count). The Morgan fingerprint density at radius 1 is 1.16 bits per heavy atom. The summed E-state index contributed by atoms with van der Waals surface area (Å²) in [6, 6.07) is 0. The minimum Gasteiger partial charge on any atom is -0.442 e. The lowest BCUT2D eigenvalue weighted by atomic mass is 9.81.